The number of halogens is 1. The van der Waals surface area contributed by atoms with E-state index in [2.05, 4.69) is 25.2 Å². The summed E-state index contributed by atoms with van der Waals surface area (Å²) in [5.41, 5.74) is 2.46. The summed E-state index contributed by atoms with van der Waals surface area (Å²) < 4.78 is 5.40. The van der Waals surface area contributed by atoms with Gasteiger partial charge in [0.05, 0.1) is 19.4 Å². The normalized spacial score (nSPS) is 24.1. The van der Waals surface area contributed by atoms with E-state index in [9.17, 15) is 0 Å². The summed E-state index contributed by atoms with van der Waals surface area (Å²) in [4.78, 5) is 13.0. The van der Waals surface area contributed by atoms with Crippen molar-refractivity contribution < 1.29 is 4.74 Å². The van der Waals surface area contributed by atoms with Gasteiger partial charge in [-0.25, -0.2) is 10.8 Å². The molecule has 3 rings (SSSR count). The van der Waals surface area contributed by atoms with Crippen molar-refractivity contribution in [3.63, 3.8) is 0 Å². The summed E-state index contributed by atoms with van der Waals surface area (Å²) in [7, 11) is 0. The topological polar surface area (TPSA) is 79.5 Å². The minimum atomic E-state index is 0.388. The van der Waals surface area contributed by atoms with Crippen LogP contribution < -0.4 is 16.2 Å². The average molecular weight is 299 g/mol. The molecule has 2 aliphatic rings. The van der Waals surface area contributed by atoms with Crippen LogP contribution in [0.2, 0.25) is 5.02 Å². The molecule has 0 radical (unpaired) electrons. The van der Waals surface area contributed by atoms with Crippen molar-refractivity contribution in [3.8, 4) is 0 Å². The molecule has 3 heterocycles. The van der Waals surface area contributed by atoms with E-state index in [1.54, 1.807) is 6.20 Å². The first kappa shape index (κ1) is 13.8. The van der Waals surface area contributed by atoms with Crippen LogP contribution in [0, 0.1) is 0 Å². The molecule has 2 saturated heterocycles. The molecule has 0 bridgehead atoms. The Bertz CT molecular complexity index is 467. The van der Waals surface area contributed by atoms with Crippen LogP contribution in [0.25, 0.3) is 0 Å². The van der Waals surface area contributed by atoms with Crippen molar-refractivity contribution in [2.45, 2.75) is 12.5 Å². The fraction of sp³-hybridized carbons (Fsp3) is 0.667. The average Bonchev–Trinajstić information content (AvgIpc) is 2.98. The lowest BCUT2D eigenvalue weighted by Crippen LogP contribution is -2.44. The number of ether oxygens (including phenoxy) is 1. The molecule has 1 atom stereocenters. The lowest BCUT2D eigenvalue weighted by Gasteiger charge is -2.32. The van der Waals surface area contributed by atoms with Crippen molar-refractivity contribution in [1.29, 1.82) is 0 Å². The molecule has 2 fully saturated rings. The van der Waals surface area contributed by atoms with Crippen molar-refractivity contribution in [3.05, 3.63) is 11.2 Å². The summed E-state index contributed by atoms with van der Waals surface area (Å²) in [6.45, 7) is 5.54. The highest BCUT2D eigenvalue weighted by Gasteiger charge is 2.30. The van der Waals surface area contributed by atoms with E-state index in [-0.39, 0.29) is 0 Å². The molecule has 20 heavy (non-hydrogen) atoms. The lowest BCUT2D eigenvalue weighted by molar-refractivity contribution is 0.0209. The van der Waals surface area contributed by atoms with E-state index >= 15 is 0 Å². The molecule has 1 unspecified atom stereocenters. The third-order valence-electron chi connectivity index (χ3n) is 3.88. The Kier molecular flexibility index (Phi) is 4.21. The molecule has 0 spiro atoms. The Hall–Kier alpha value is -1.15. The highest BCUT2D eigenvalue weighted by molar-refractivity contribution is 6.32. The summed E-state index contributed by atoms with van der Waals surface area (Å²) in [5.74, 6) is 6.50. The second-order valence-corrected chi connectivity index (χ2v) is 5.45. The van der Waals surface area contributed by atoms with Crippen molar-refractivity contribution in [1.82, 2.24) is 14.9 Å². The Morgan fingerprint density at radius 1 is 1.35 bits per heavy atom. The van der Waals surface area contributed by atoms with E-state index in [4.69, 9.17) is 22.2 Å². The van der Waals surface area contributed by atoms with Gasteiger partial charge in [-0.15, -0.1) is 0 Å². The molecule has 110 valence electrons. The maximum atomic E-state index is 6.20. The first-order chi connectivity index (χ1) is 9.78. The van der Waals surface area contributed by atoms with Crippen LogP contribution in [0.1, 0.15) is 6.42 Å². The number of rotatable bonds is 3. The number of nitrogens with two attached hydrogens (primary N) is 1. The number of aromatic nitrogens is 2. The van der Waals surface area contributed by atoms with Gasteiger partial charge < -0.3 is 9.64 Å². The van der Waals surface area contributed by atoms with Crippen LogP contribution in [0.3, 0.4) is 0 Å². The number of hydrogen-bond donors (Lipinski definition) is 2. The second-order valence-electron chi connectivity index (χ2n) is 5.05. The van der Waals surface area contributed by atoms with Gasteiger partial charge >= 0.3 is 0 Å². The van der Waals surface area contributed by atoms with E-state index in [1.165, 1.54) is 0 Å². The first-order valence-corrected chi connectivity index (χ1v) is 7.21. The predicted molar refractivity (Wildman–Crippen MR) is 77.9 cm³/mol. The minimum Gasteiger partial charge on any atom is -0.379 e. The molecule has 2 aliphatic heterocycles. The van der Waals surface area contributed by atoms with Gasteiger partial charge in [-0.1, -0.05) is 11.6 Å². The fourth-order valence-electron chi connectivity index (χ4n) is 2.82. The maximum absolute atomic E-state index is 6.20. The molecule has 0 saturated carbocycles. The molecule has 0 aromatic carbocycles. The molecule has 0 aliphatic carbocycles. The van der Waals surface area contributed by atoms with E-state index < -0.39 is 0 Å². The number of nitrogen functional groups attached to an aromatic ring is 1. The predicted octanol–water partition coefficient (Wildman–Crippen LogP) is 0.326. The van der Waals surface area contributed by atoms with E-state index in [0.29, 0.717) is 17.0 Å². The number of hydrazine groups is 1. The zero-order valence-electron chi connectivity index (χ0n) is 11.3. The van der Waals surface area contributed by atoms with Crippen molar-refractivity contribution in [2.75, 3.05) is 49.7 Å². The van der Waals surface area contributed by atoms with Gasteiger partial charge in [0.2, 0.25) is 5.95 Å². The highest BCUT2D eigenvalue weighted by Crippen LogP contribution is 2.28. The largest absolute Gasteiger partial charge is 0.379 e. The smallest absolute Gasteiger partial charge is 0.239 e. The number of nitrogens with zero attached hydrogens (tertiary/aromatic N) is 4. The quantitative estimate of drug-likeness (QED) is 0.615. The molecule has 1 aromatic heterocycles. The van der Waals surface area contributed by atoms with Gasteiger partial charge in [0.15, 0.2) is 5.82 Å². The van der Waals surface area contributed by atoms with Crippen LogP contribution in [-0.4, -0.2) is 60.3 Å². The molecule has 1 aromatic rings. The second kappa shape index (κ2) is 6.09. The molecular weight excluding hydrogens is 280 g/mol. The fourth-order valence-corrected chi connectivity index (χ4v) is 3.03. The summed E-state index contributed by atoms with van der Waals surface area (Å²) >= 11 is 6.20. The summed E-state index contributed by atoms with van der Waals surface area (Å²) in [5, 5.41) is 0.562. The van der Waals surface area contributed by atoms with Crippen LogP contribution in [0.4, 0.5) is 11.8 Å². The standard InChI is InChI=1S/C12H19ClN6O/c13-10-7-15-12(17-14)16-11(10)19-2-1-9(8-19)18-3-5-20-6-4-18/h7,9H,1-6,8,14H2,(H,15,16,17). The van der Waals surface area contributed by atoms with Gasteiger partial charge in [0.25, 0.3) is 0 Å². The summed E-state index contributed by atoms with van der Waals surface area (Å²) in [6.07, 6.45) is 2.70. The third kappa shape index (κ3) is 2.80. The van der Waals surface area contributed by atoms with E-state index in [1.807, 2.05) is 0 Å². The minimum absolute atomic E-state index is 0.388. The molecular formula is C12H19ClN6O. The van der Waals surface area contributed by atoms with Gasteiger partial charge in [-0.05, 0) is 6.42 Å². The van der Waals surface area contributed by atoms with Crippen molar-refractivity contribution in [2.24, 2.45) is 5.84 Å². The van der Waals surface area contributed by atoms with Crippen LogP contribution >= 0.6 is 11.6 Å². The number of morpholine rings is 1. The summed E-state index contributed by atoms with van der Waals surface area (Å²) in [6, 6.07) is 0.541. The Balaban J connectivity index is 1.70. The van der Waals surface area contributed by atoms with Crippen molar-refractivity contribution >= 4 is 23.4 Å². The molecule has 7 nitrogen and oxygen atoms in total. The Labute approximate surface area is 123 Å². The monoisotopic (exact) mass is 298 g/mol. The van der Waals surface area contributed by atoms with Gasteiger partial charge in [0, 0.05) is 32.2 Å². The maximum Gasteiger partial charge on any atom is 0.239 e. The van der Waals surface area contributed by atoms with Gasteiger partial charge in [-0.2, -0.15) is 4.98 Å². The van der Waals surface area contributed by atoms with Crippen LogP contribution in [0.5, 0.6) is 0 Å². The third-order valence-corrected chi connectivity index (χ3v) is 4.15. The first-order valence-electron chi connectivity index (χ1n) is 6.84. The van der Waals surface area contributed by atoms with Gasteiger partial charge in [0.1, 0.15) is 5.02 Å². The molecule has 8 heteroatoms. The lowest BCUT2D eigenvalue weighted by atomic mass is 10.2. The zero-order valence-corrected chi connectivity index (χ0v) is 12.0. The van der Waals surface area contributed by atoms with Crippen LogP contribution in [0.15, 0.2) is 6.20 Å². The number of anilines is 2. The Morgan fingerprint density at radius 2 is 2.15 bits per heavy atom. The number of hydrogen-bond acceptors (Lipinski definition) is 7. The van der Waals surface area contributed by atoms with Crippen LogP contribution in [-0.2, 0) is 4.74 Å². The van der Waals surface area contributed by atoms with Gasteiger partial charge in [-0.3, -0.25) is 10.3 Å². The highest BCUT2D eigenvalue weighted by atomic mass is 35.5. The molecule has 3 N–H and O–H groups in total. The number of nitrogens with one attached hydrogen (secondary N) is 1. The zero-order chi connectivity index (χ0) is 13.9. The SMILES string of the molecule is NNc1ncc(Cl)c(N2CCC(N3CCOCC3)C2)n1. The van der Waals surface area contributed by atoms with E-state index in [0.717, 1.165) is 51.6 Å². The Morgan fingerprint density at radius 3 is 2.90 bits per heavy atom. The molecule has 0 amide bonds.